The number of para-hydroxylation sites is 2. The number of carbonyl (C=O) groups excluding carboxylic acids is 1. The first kappa shape index (κ1) is 14.7. The third-order valence-corrected chi connectivity index (χ3v) is 4.78. The number of nitrogens with zero attached hydrogens (tertiary/aromatic N) is 2. The molecule has 1 aromatic heterocycles. The lowest BCUT2D eigenvalue weighted by atomic mass is 10.1. The molecule has 0 spiro atoms. The summed E-state index contributed by atoms with van der Waals surface area (Å²) in [6.45, 7) is 2.97. The van der Waals surface area contributed by atoms with E-state index in [4.69, 9.17) is 0 Å². The molecular formula is C17H23N5O. The molecule has 1 aliphatic carbocycles. The van der Waals surface area contributed by atoms with Gasteiger partial charge in [0.25, 0.3) is 0 Å². The Balaban J connectivity index is 1.52. The first-order valence-corrected chi connectivity index (χ1v) is 8.53. The zero-order chi connectivity index (χ0) is 15.8. The molecule has 6 nitrogen and oxygen atoms in total. The number of fused-ring (bicyclic) bond motifs is 1. The Morgan fingerprint density at radius 2 is 2.17 bits per heavy atom. The number of benzene rings is 1. The predicted molar refractivity (Wildman–Crippen MR) is 89.8 cm³/mol. The lowest BCUT2D eigenvalue weighted by molar-refractivity contribution is -0.118. The topological polar surface area (TPSA) is 71.0 Å². The van der Waals surface area contributed by atoms with Crippen LogP contribution < -0.4 is 16.2 Å². The number of aromatic nitrogens is 2. The minimum absolute atomic E-state index is 0.00620. The van der Waals surface area contributed by atoms with Gasteiger partial charge in [-0.05, 0) is 43.7 Å². The highest BCUT2D eigenvalue weighted by molar-refractivity contribution is 5.95. The van der Waals surface area contributed by atoms with Gasteiger partial charge in [0.15, 0.2) is 0 Å². The first-order chi connectivity index (χ1) is 11.3. The number of anilines is 1. The van der Waals surface area contributed by atoms with E-state index in [1.807, 2.05) is 24.3 Å². The normalized spacial score (nSPS) is 24.2. The molecule has 1 aliphatic heterocycles. The van der Waals surface area contributed by atoms with Gasteiger partial charge < -0.3 is 4.57 Å². The number of rotatable bonds is 5. The highest BCUT2D eigenvalue weighted by atomic mass is 16.2. The number of hydrogen-bond acceptors (Lipinski definition) is 4. The summed E-state index contributed by atoms with van der Waals surface area (Å²) in [5, 5.41) is 3.02. The fourth-order valence-corrected chi connectivity index (χ4v) is 3.38. The molecule has 122 valence electrons. The Kier molecular flexibility index (Phi) is 3.79. The van der Waals surface area contributed by atoms with Gasteiger partial charge in [0, 0.05) is 12.6 Å². The van der Waals surface area contributed by atoms with Crippen LogP contribution in [0.1, 0.15) is 32.6 Å². The van der Waals surface area contributed by atoms with Crippen LogP contribution in [0.4, 0.5) is 5.95 Å². The van der Waals surface area contributed by atoms with E-state index in [2.05, 4.69) is 32.6 Å². The monoisotopic (exact) mass is 313 g/mol. The van der Waals surface area contributed by atoms with Gasteiger partial charge in [-0.2, -0.15) is 0 Å². The Bertz CT molecular complexity index is 721. The minimum atomic E-state index is -0.185. The van der Waals surface area contributed by atoms with Crippen molar-refractivity contribution in [2.24, 2.45) is 5.92 Å². The van der Waals surface area contributed by atoms with Crippen molar-refractivity contribution in [1.82, 2.24) is 20.4 Å². The fourth-order valence-electron chi connectivity index (χ4n) is 3.38. The molecular weight excluding hydrogens is 290 g/mol. The molecule has 1 saturated heterocycles. The second-order valence-electron chi connectivity index (χ2n) is 6.59. The molecule has 2 atom stereocenters. The zero-order valence-corrected chi connectivity index (χ0v) is 13.4. The smallest absolute Gasteiger partial charge is 0.245 e. The number of aryl methyl sites for hydroxylation is 1. The summed E-state index contributed by atoms with van der Waals surface area (Å²) >= 11 is 0. The third kappa shape index (κ3) is 2.84. The molecule has 2 unspecified atom stereocenters. The average molecular weight is 313 g/mol. The van der Waals surface area contributed by atoms with E-state index in [9.17, 15) is 4.79 Å². The average Bonchev–Trinajstić information content (AvgIpc) is 3.19. The third-order valence-electron chi connectivity index (χ3n) is 4.78. The fraction of sp³-hybridized carbons (Fsp3) is 0.529. The molecule has 6 heteroatoms. The highest BCUT2D eigenvalue weighted by Gasteiger charge is 2.39. The molecule has 0 bridgehead atoms. The standard InChI is InChI=1S/C17H23N5O/c1-2-9-22-15-6-4-3-5-12(15)18-17(22)19-16(23)14-10-13(20-21-14)11-7-8-11/h3-6,11,13-14,20-21H,2,7-10H2,1H3,(H,18,19,23). The van der Waals surface area contributed by atoms with Crippen molar-refractivity contribution in [3.8, 4) is 0 Å². The molecule has 2 aromatic rings. The Morgan fingerprint density at radius 1 is 1.35 bits per heavy atom. The second-order valence-corrected chi connectivity index (χ2v) is 6.59. The van der Waals surface area contributed by atoms with Crippen LogP contribution in [-0.4, -0.2) is 27.5 Å². The number of imidazole rings is 1. The van der Waals surface area contributed by atoms with Gasteiger partial charge in [0.05, 0.1) is 11.0 Å². The van der Waals surface area contributed by atoms with Crippen molar-refractivity contribution in [1.29, 1.82) is 0 Å². The summed E-state index contributed by atoms with van der Waals surface area (Å²) in [7, 11) is 0. The summed E-state index contributed by atoms with van der Waals surface area (Å²) < 4.78 is 2.09. The van der Waals surface area contributed by atoms with Crippen LogP contribution in [0.15, 0.2) is 24.3 Å². The lowest BCUT2D eigenvalue weighted by Crippen LogP contribution is -2.40. The predicted octanol–water partition coefficient (Wildman–Crippen LogP) is 2.03. The maximum Gasteiger partial charge on any atom is 0.245 e. The van der Waals surface area contributed by atoms with Gasteiger partial charge in [-0.1, -0.05) is 19.1 Å². The van der Waals surface area contributed by atoms with Gasteiger partial charge in [0.2, 0.25) is 11.9 Å². The largest absolute Gasteiger partial charge is 0.310 e. The number of carbonyl (C=O) groups is 1. The molecule has 1 aromatic carbocycles. The van der Waals surface area contributed by atoms with Crippen LogP contribution in [-0.2, 0) is 11.3 Å². The van der Waals surface area contributed by atoms with Crippen LogP contribution in [0.2, 0.25) is 0 Å². The summed E-state index contributed by atoms with van der Waals surface area (Å²) in [6, 6.07) is 8.25. The number of hydrazine groups is 1. The van der Waals surface area contributed by atoms with Crippen molar-refractivity contribution in [3.63, 3.8) is 0 Å². The lowest BCUT2D eigenvalue weighted by Gasteiger charge is -2.12. The van der Waals surface area contributed by atoms with E-state index in [1.54, 1.807) is 0 Å². The Morgan fingerprint density at radius 3 is 2.96 bits per heavy atom. The Hall–Kier alpha value is -1.92. The molecule has 2 aliphatic rings. The molecule has 2 heterocycles. The molecule has 3 N–H and O–H groups in total. The van der Waals surface area contributed by atoms with Gasteiger partial charge in [-0.3, -0.25) is 15.5 Å². The van der Waals surface area contributed by atoms with Gasteiger partial charge in [-0.15, -0.1) is 0 Å². The summed E-state index contributed by atoms with van der Waals surface area (Å²) in [6.07, 6.45) is 4.40. The van der Waals surface area contributed by atoms with Crippen LogP contribution in [0.25, 0.3) is 11.0 Å². The summed E-state index contributed by atoms with van der Waals surface area (Å²) in [5.74, 6) is 1.38. The van der Waals surface area contributed by atoms with E-state index in [0.717, 1.165) is 36.3 Å². The van der Waals surface area contributed by atoms with E-state index in [0.29, 0.717) is 12.0 Å². The van der Waals surface area contributed by atoms with Gasteiger partial charge in [0.1, 0.15) is 6.04 Å². The van der Waals surface area contributed by atoms with Gasteiger partial charge in [-0.25, -0.2) is 10.4 Å². The van der Waals surface area contributed by atoms with Crippen molar-refractivity contribution in [3.05, 3.63) is 24.3 Å². The van der Waals surface area contributed by atoms with E-state index in [1.165, 1.54) is 12.8 Å². The Labute approximate surface area is 135 Å². The van der Waals surface area contributed by atoms with Crippen LogP contribution in [0.5, 0.6) is 0 Å². The van der Waals surface area contributed by atoms with Crippen LogP contribution in [0.3, 0.4) is 0 Å². The maximum absolute atomic E-state index is 12.6. The van der Waals surface area contributed by atoms with Crippen LogP contribution in [0, 0.1) is 5.92 Å². The first-order valence-electron chi connectivity index (χ1n) is 8.53. The maximum atomic E-state index is 12.6. The quantitative estimate of drug-likeness (QED) is 0.790. The molecule has 1 amide bonds. The summed E-state index contributed by atoms with van der Waals surface area (Å²) in [4.78, 5) is 17.2. The minimum Gasteiger partial charge on any atom is -0.310 e. The zero-order valence-electron chi connectivity index (χ0n) is 13.4. The number of nitrogens with one attached hydrogen (secondary N) is 3. The molecule has 1 saturated carbocycles. The highest BCUT2D eigenvalue weighted by Crippen LogP contribution is 2.35. The second kappa shape index (κ2) is 5.94. The van der Waals surface area contributed by atoms with E-state index < -0.39 is 0 Å². The van der Waals surface area contributed by atoms with Crippen molar-refractivity contribution >= 4 is 22.9 Å². The number of hydrogen-bond donors (Lipinski definition) is 3. The van der Waals surface area contributed by atoms with Crippen molar-refractivity contribution < 1.29 is 4.79 Å². The summed E-state index contributed by atoms with van der Waals surface area (Å²) in [5.41, 5.74) is 8.39. The van der Waals surface area contributed by atoms with Crippen molar-refractivity contribution in [2.45, 2.75) is 51.2 Å². The number of amides is 1. The molecule has 2 fully saturated rings. The SMILES string of the molecule is CCCn1c(NC(=O)C2CC(C3CC3)NN2)nc2ccccc21. The molecule has 0 radical (unpaired) electrons. The molecule has 23 heavy (non-hydrogen) atoms. The van der Waals surface area contributed by atoms with Crippen molar-refractivity contribution in [2.75, 3.05) is 5.32 Å². The van der Waals surface area contributed by atoms with E-state index in [-0.39, 0.29) is 11.9 Å². The molecule has 4 rings (SSSR count). The van der Waals surface area contributed by atoms with Gasteiger partial charge >= 0.3 is 0 Å². The van der Waals surface area contributed by atoms with E-state index >= 15 is 0 Å². The van der Waals surface area contributed by atoms with Crippen LogP contribution >= 0.6 is 0 Å².